The standard InChI is InChI=1S/C10H8N6/c11-10-6-14-16(15-10)7-1-2-8-9(5-7)13-4-3-12-8/h1-6H,(H2,11,15). The molecule has 3 aromatic rings. The van der Waals surface area contributed by atoms with Crippen LogP contribution in [0.2, 0.25) is 0 Å². The largest absolute Gasteiger partial charge is 0.381 e. The van der Waals surface area contributed by atoms with Crippen LogP contribution in [-0.2, 0) is 0 Å². The van der Waals surface area contributed by atoms with Crippen molar-refractivity contribution >= 4 is 16.9 Å². The van der Waals surface area contributed by atoms with Crippen molar-refractivity contribution in [3.8, 4) is 5.69 Å². The van der Waals surface area contributed by atoms with E-state index in [1.807, 2.05) is 18.2 Å². The van der Waals surface area contributed by atoms with Crippen LogP contribution in [0.3, 0.4) is 0 Å². The van der Waals surface area contributed by atoms with Gasteiger partial charge >= 0.3 is 0 Å². The molecule has 0 amide bonds. The van der Waals surface area contributed by atoms with E-state index in [0.29, 0.717) is 5.82 Å². The Balaban J connectivity index is 2.18. The molecular formula is C10H8N6. The first kappa shape index (κ1) is 8.78. The van der Waals surface area contributed by atoms with Crippen LogP contribution >= 0.6 is 0 Å². The minimum absolute atomic E-state index is 0.388. The quantitative estimate of drug-likeness (QED) is 0.644. The molecule has 6 heteroatoms. The minimum Gasteiger partial charge on any atom is -0.381 e. The number of nitrogens with zero attached hydrogens (tertiary/aromatic N) is 5. The molecule has 0 fully saturated rings. The number of rotatable bonds is 1. The highest BCUT2D eigenvalue weighted by molar-refractivity contribution is 5.76. The molecule has 6 nitrogen and oxygen atoms in total. The third kappa shape index (κ3) is 1.36. The van der Waals surface area contributed by atoms with Gasteiger partial charge in [-0.3, -0.25) is 9.97 Å². The topological polar surface area (TPSA) is 82.5 Å². The summed E-state index contributed by atoms with van der Waals surface area (Å²) >= 11 is 0. The highest BCUT2D eigenvalue weighted by Crippen LogP contribution is 2.13. The van der Waals surface area contributed by atoms with Crippen molar-refractivity contribution < 1.29 is 0 Å². The molecule has 0 aliphatic rings. The summed E-state index contributed by atoms with van der Waals surface area (Å²) in [5, 5.41) is 8.05. The molecular weight excluding hydrogens is 204 g/mol. The van der Waals surface area contributed by atoms with Crippen molar-refractivity contribution in [2.24, 2.45) is 0 Å². The second kappa shape index (κ2) is 3.27. The second-order valence-corrected chi connectivity index (χ2v) is 3.29. The lowest BCUT2D eigenvalue weighted by molar-refractivity contribution is 0.755. The van der Waals surface area contributed by atoms with Crippen LogP contribution in [0.5, 0.6) is 0 Å². The van der Waals surface area contributed by atoms with Gasteiger partial charge in [-0.05, 0) is 18.2 Å². The van der Waals surface area contributed by atoms with Gasteiger partial charge in [-0.1, -0.05) is 0 Å². The fourth-order valence-electron chi connectivity index (χ4n) is 1.48. The lowest BCUT2D eigenvalue weighted by Crippen LogP contribution is -1.99. The van der Waals surface area contributed by atoms with Crippen molar-refractivity contribution in [2.75, 3.05) is 5.73 Å². The lowest BCUT2D eigenvalue weighted by atomic mass is 10.2. The molecule has 3 rings (SSSR count). The Morgan fingerprint density at radius 1 is 1.06 bits per heavy atom. The summed E-state index contributed by atoms with van der Waals surface area (Å²) < 4.78 is 0. The van der Waals surface area contributed by atoms with Crippen LogP contribution in [0.4, 0.5) is 5.82 Å². The smallest absolute Gasteiger partial charge is 0.166 e. The number of anilines is 1. The lowest BCUT2D eigenvalue weighted by Gasteiger charge is -2.00. The third-order valence-corrected chi connectivity index (χ3v) is 2.19. The summed E-state index contributed by atoms with van der Waals surface area (Å²) in [5.74, 6) is 0.388. The number of hydrogen-bond acceptors (Lipinski definition) is 5. The molecule has 0 saturated carbocycles. The summed E-state index contributed by atoms with van der Waals surface area (Å²) in [7, 11) is 0. The first-order valence-corrected chi connectivity index (χ1v) is 4.72. The molecule has 1 aromatic carbocycles. The summed E-state index contributed by atoms with van der Waals surface area (Å²) in [6, 6.07) is 5.61. The van der Waals surface area contributed by atoms with Gasteiger partial charge in [0.25, 0.3) is 0 Å². The number of hydrogen-bond donors (Lipinski definition) is 1. The number of nitrogens with two attached hydrogens (primary N) is 1. The number of nitrogen functional groups attached to an aromatic ring is 1. The molecule has 2 heterocycles. The predicted molar refractivity (Wildman–Crippen MR) is 58.9 cm³/mol. The van der Waals surface area contributed by atoms with Crippen LogP contribution in [-0.4, -0.2) is 25.0 Å². The molecule has 0 atom stereocenters. The zero-order valence-corrected chi connectivity index (χ0v) is 8.28. The Hall–Kier alpha value is -2.50. The average molecular weight is 212 g/mol. The molecule has 0 spiro atoms. The molecule has 78 valence electrons. The Kier molecular flexibility index (Phi) is 1.79. The molecule has 0 radical (unpaired) electrons. The first-order valence-electron chi connectivity index (χ1n) is 4.72. The van der Waals surface area contributed by atoms with Crippen LogP contribution in [0.15, 0.2) is 36.8 Å². The summed E-state index contributed by atoms with van der Waals surface area (Å²) in [5.41, 5.74) is 7.96. The maximum Gasteiger partial charge on any atom is 0.166 e. The van der Waals surface area contributed by atoms with E-state index in [1.54, 1.807) is 12.4 Å². The van der Waals surface area contributed by atoms with Crippen molar-refractivity contribution in [1.29, 1.82) is 0 Å². The minimum atomic E-state index is 0.388. The molecule has 0 aliphatic heterocycles. The van der Waals surface area contributed by atoms with Gasteiger partial charge in [-0.2, -0.15) is 5.10 Å². The Morgan fingerprint density at radius 3 is 2.62 bits per heavy atom. The molecule has 2 N–H and O–H groups in total. The van der Waals surface area contributed by atoms with E-state index < -0.39 is 0 Å². The van der Waals surface area contributed by atoms with Gasteiger partial charge in [0.15, 0.2) is 5.82 Å². The van der Waals surface area contributed by atoms with E-state index in [-0.39, 0.29) is 0 Å². The van der Waals surface area contributed by atoms with Gasteiger partial charge in [-0.25, -0.2) is 0 Å². The number of aromatic nitrogens is 5. The fraction of sp³-hybridized carbons (Fsp3) is 0. The van der Waals surface area contributed by atoms with Gasteiger partial charge < -0.3 is 5.73 Å². The number of fused-ring (bicyclic) bond motifs is 1. The molecule has 0 bridgehead atoms. The van der Waals surface area contributed by atoms with E-state index in [1.165, 1.54) is 11.0 Å². The van der Waals surface area contributed by atoms with Crippen LogP contribution in [0.25, 0.3) is 16.7 Å². The molecule has 16 heavy (non-hydrogen) atoms. The van der Waals surface area contributed by atoms with Crippen LogP contribution < -0.4 is 5.73 Å². The zero-order chi connectivity index (χ0) is 11.0. The van der Waals surface area contributed by atoms with Gasteiger partial charge in [-0.15, -0.1) is 9.90 Å². The molecule has 0 saturated heterocycles. The third-order valence-electron chi connectivity index (χ3n) is 2.19. The van der Waals surface area contributed by atoms with Gasteiger partial charge in [0.2, 0.25) is 0 Å². The van der Waals surface area contributed by atoms with Crippen LogP contribution in [0.1, 0.15) is 0 Å². The molecule has 2 aromatic heterocycles. The average Bonchev–Trinajstić information content (AvgIpc) is 2.75. The van der Waals surface area contributed by atoms with Gasteiger partial charge in [0, 0.05) is 12.4 Å². The fourth-order valence-corrected chi connectivity index (χ4v) is 1.48. The SMILES string of the molecule is Nc1cnn(-c2ccc3nccnc3c2)n1. The highest BCUT2D eigenvalue weighted by Gasteiger charge is 2.02. The van der Waals surface area contributed by atoms with E-state index in [2.05, 4.69) is 20.2 Å². The van der Waals surface area contributed by atoms with E-state index in [9.17, 15) is 0 Å². The Bertz CT molecular complexity index is 644. The summed E-state index contributed by atoms with van der Waals surface area (Å²) in [6.45, 7) is 0. The van der Waals surface area contributed by atoms with Gasteiger partial charge in [0.1, 0.15) is 0 Å². The summed E-state index contributed by atoms with van der Waals surface area (Å²) in [6.07, 6.45) is 4.81. The second-order valence-electron chi connectivity index (χ2n) is 3.29. The predicted octanol–water partition coefficient (Wildman–Crippen LogP) is 0.793. The Labute approximate surface area is 90.7 Å². The van der Waals surface area contributed by atoms with E-state index in [0.717, 1.165) is 16.7 Å². The Morgan fingerprint density at radius 2 is 1.88 bits per heavy atom. The van der Waals surface area contributed by atoms with Crippen molar-refractivity contribution in [1.82, 2.24) is 25.0 Å². The van der Waals surface area contributed by atoms with Crippen LogP contribution in [0, 0.1) is 0 Å². The number of benzene rings is 1. The summed E-state index contributed by atoms with van der Waals surface area (Å²) in [4.78, 5) is 9.86. The molecule has 0 unspecified atom stereocenters. The highest BCUT2D eigenvalue weighted by atomic mass is 15.5. The van der Waals surface area contributed by atoms with Crippen molar-refractivity contribution in [3.63, 3.8) is 0 Å². The van der Waals surface area contributed by atoms with Gasteiger partial charge in [0.05, 0.1) is 22.9 Å². The van der Waals surface area contributed by atoms with Crippen molar-refractivity contribution in [2.45, 2.75) is 0 Å². The normalized spacial score (nSPS) is 10.8. The van der Waals surface area contributed by atoms with Crippen molar-refractivity contribution in [3.05, 3.63) is 36.8 Å². The molecule has 0 aliphatic carbocycles. The first-order chi connectivity index (χ1) is 7.83. The zero-order valence-electron chi connectivity index (χ0n) is 8.28. The maximum atomic E-state index is 5.51. The van der Waals surface area contributed by atoms with E-state index in [4.69, 9.17) is 5.73 Å². The maximum absolute atomic E-state index is 5.51. The van der Waals surface area contributed by atoms with E-state index >= 15 is 0 Å². The monoisotopic (exact) mass is 212 g/mol.